The lowest BCUT2D eigenvalue weighted by Gasteiger charge is -2.24. The number of carbonyl (C=O) groups is 2. The summed E-state index contributed by atoms with van der Waals surface area (Å²) in [5, 5.41) is 15.2. The molecule has 0 aliphatic carbocycles. The van der Waals surface area contributed by atoms with Crippen LogP contribution in [-0.4, -0.2) is 32.1 Å². The second-order valence-corrected chi connectivity index (χ2v) is 4.39. The highest BCUT2D eigenvalue weighted by molar-refractivity contribution is 7.08. The molecule has 0 aliphatic rings. The molecule has 1 aromatic heterocycles. The molecular weight excluding hydrogens is 230 g/mol. The summed E-state index contributed by atoms with van der Waals surface area (Å²) in [4.78, 5) is 23.1. The zero-order valence-corrected chi connectivity index (χ0v) is 10.1. The molecule has 0 bridgehead atoms. The molecule has 1 rings (SSSR count). The lowest BCUT2D eigenvalue weighted by molar-refractivity contribution is -0.143. The number of amides is 1. The Morgan fingerprint density at radius 2 is 2.19 bits per heavy atom. The summed E-state index contributed by atoms with van der Waals surface area (Å²) in [6.45, 7) is 4.83. The number of carboxylic acid groups (broad SMARTS) is 1. The smallest absolute Gasteiger partial charge is 0.329 e. The first kappa shape index (κ1) is 12.6. The van der Waals surface area contributed by atoms with Gasteiger partial charge in [0, 0.05) is 0 Å². The van der Waals surface area contributed by atoms with E-state index in [0.717, 1.165) is 11.5 Å². The van der Waals surface area contributed by atoms with Crippen LogP contribution in [0.5, 0.6) is 0 Å². The molecule has 0 aliphatic heterocycles. The molecule has 0 saturated carbocycles. The van der Waals surface area contributed by atoms with Crippen molar-refractivity contribution in [2.75, 3.05) is 0 Å². The van der Waals surface area contributed by atoms with Crippen LogP contribution in [0.25, 0.3) is 0 Å². The molecule has 1 atom stereocenters. The van der Waals surface area contributed by atoms with Crippen molar-refractivity contribution in [1.82, 2.24) is 14.9 Å². The molecule has 0 spiro atoms. The third-order valence-corrected chi connectivity index (χ3v) is 3.25. The largest absolute Gasteiger partial charge is 0.480 e. The molecule has 6 nitrogen and oxygen atoms in total. The molecule has 16 heavy (non-hydrogen) atoms. The van der Waals surface area contributed by atoms with Crippen LogP contribution in [0.4, 0.5) is 0 Å². The fraction of sp³-hybridized carbons (Fsp3) is 0.556. The predicted molar refractivity (Wildman–Crippen MR) is 58.4 cm³/mol. The van der Waals surface area contributed by atoms with Crippen LogP contribution in [0, 0.1) is 6.92 Å². The van der Waals surface area contributed by atoms with Gasteiger partial charge in [0.05, 0.1) is 5.69 Å². The number of carbonyl (C=O) groups excluding carboxylic acids is 1. The van der Waals surface area contributed by atoms with Crippen molar-refractivity contribution in [1.29, 1.82) is 0 Å². The van der Waals surface area contributed by atoms with Gasteiger partial charge in [-0.15, -0.1) is 5.10 Å². The number of nitrogens with zero attached hydrogens (tertiary/aromatic N) is 2. The molecule has 0 aromatic carbocycles. The van der Waals surface area contributed by atoms with E-state index in [1.165, 1.54) is 6.92 Å². The minimum Gasteiger partial charge on any atom is -0.480 e. The summed E-state index contributed by atoms with van der Waals surface area (Å²) in [7, 11) is 0. The molecule has 1 unspecified atom stereocenters. The quantitative estimate of drug-likeness (QED) is 0.817. The first-order chi connectivity index (χ1) is 7.40. The first-order valence-electron chi connectivity index (χ1n) is 4.75. The molecule has 1 heterocycles. The zero-order valence-electron chi connectivity index (χ0n) is 9.27. The van der Waals surface area contributed by atoms with E-state index >= 15 is 0 Å². The van der Waals surface area contributed by atoms with Crippen molar-refractivity contribution < 1.29 is 14.7 Å². The van der Waals surface area contributed by atoms with Crippen LogP contribution in [0.2, 0.25) is 0 Å². The Bertz CT molecular complexity index is 418. The van der Waals surface area contributed by atoms with Crippen molar-refractivity contribution in [3.05, 3.63) is 10.6 Å². The summed E-state index contributed by atoms with van der Waals surface area (Å²) >= 11 is 0.954. The van der Waals surface area contributed by atoms with Crippen LogP contribution in [0.1, 0.15) is 35.6 Å². The molecule has 2 N–H and O–H groups in total. The number of aromatic nitrogens is 2. The Morgan fingerprint density at radius 3 is 2.56 bits per heavy atom. The Hall–Kier alpha value is -1.50. The van der Waals surface area contributed by atoms with Gasteiger partial charge in [-0.3, -0.25) is 4.79 Å². The minimum atomic E-state index is -1.26. The monoisotopic (exact) mass is 243 g/mol. The van der Waals surface area contributed by atoms with Crippen molar-refractivity contribution in [3.63, 3.8) is 0 Å². The van der Waals surface area contributed by atoms with E-state index in [0.29, 0.717) is 17.0 Å². The molecule has 0 saturated heterocycles. The van der Waals surface area contributed by atoms with Crippen molar-refractivity contribution in [2.45, 2.75) is 32.7 Å². The van der Waals surface area contributed by atoms with Gasteiger partial charge in [-0.25, -0.2) is 4.79 Å². The van der Waals surface area contributed by atoms with Crippen LogP contribution < -0.4 is 5.32 Å². The number of nitrogens with one attached hydrogen (secondary N) is 1. The number of hydrogen-bond donors (Lipinski definition) is 2. The Labute approximate surface area is 96.8 Å². The van der Waals surface area contributed by atoms with Gasteiger partial charge in [-0.05, 0) is 31.8 Å². The van der Waals surface area contributed by atoms with Crippen LogP contribution in [0.15, 0.2) is 0 Å². The molecule has 1 aromatic rings. The van der Waals surface area contributed by atoms with Gasteiger partial charge in [0.25, 0.3) is 5.91 Å². The summed E-state index contributed by atoms with van der Waals surface area (Å²) in [6, 6.07) is 0. The lowest BCUT2D eigenvalue weighted by Crippen LogP contribution is -2.51. The van der Waals surface area contributed by atoms with E-state index in [-0.39, 0.29) is 0 Å². The molecule has 7 heteroatoms. The van der Waals surface area contributed by atoms with Gasteiger partial charge in [0.15, 0.2) is 0 Å². The van der Waals surface area contributed by atoms with E-state index in [9.17, 15) is 9.59 Å². The second kappa shape index (κ2) is 4.56. The third-order valence-electron chi connectivity index (χ3n) is 2.43. The summed E-state index contributed by atoms with van der Waals surface area (Å²) in [5.41, 5.74) is -0.751. The van der Waals surface area contributed by atoms with Gasteiger partial charge in [0.2, 0.25) is 0 Å². The zero-order chi connectivity index (χ0) is 12.3. The maximum absolute atomic E-state index is 11.8. The normalized spacial score (nSPS) is 14.2. The average molecular weight is 243 g/mol. The van der Waals surface area contributed by atoms with Crippen LogP contribution >= 0.6 is 11.5 Å². The van der Waals surface area contributed by atoms with Gasteiger partial charge < -0.3 is 10.4 Å². The molecule has 88 valence electrons. The fourth-order valence-electron chi connectivity index (χ4n) is 1.04. The van der Waals surface area contributed by atoms with Crippen LogP contribution in [-0.2, 0) is 4.79 Å². The molecule has 1 amide bonds. The Morgan fingerprint density at radius 1 is 1.56 bits per heavy atom. The van der Waals surface area contributed by atoms with E-state index in [2.05, 4.69) is 14.9 Å². The SMILES string of the molecule is CCC(C)(NC(=O)c1snnc1C)C(=O)O. The van der Waals surface area contributed by atoms with Crippen molar-refractivity contribution in [3.8, 4) is 0 Å². The second-order valence-electron chi connectivity index (χ2n) is 3.63. The van der Waals surface area contributed by atoms with Crippen molar-refractivity contribution in [2.24, 2.45) is 0 Å². The van der Waals surface area contributed by atoms with Gasteiger partial charge in [-0.2, -0.15) is 0 Å². The van der Waals surface area contributed by atoms with Gasteiger partial charge in [0.1, 0.15) is 10.4 Å². The highest BCUT2D eigenvalue weighted by Crippen LogP contribution is 2.14. The number of aliphatic carboxylic acids is 1. The van der Waals surface area contributed by atoms with E-state index in [1.54, 1.807) is 13.8 Å². The summed E-state index contributed by atoms with van der Waals surface area (Å²) in [5.74, 6) is -1.50. The van der Waals surface area contributed by atoms with E-state index in [4.69, 9.17) is 5.11 Å². The summed E-state index contributed by atoms with van der Waals surface area (Å²) in [6.07, 6.45) is 0.305. The number of carboxylic acids is 1. The molecular formula is C9H13N3O3S. The Balaban J connectivity index is 2.86. The predicted octanol–water partition coefficient (Wildman–Crippen LogP) is 0.830. The molecule has 0 fully saturated rings. The number of hydrogen-bond acceptors (Lipinski definition) is 5. The lowest BCUT2D eigenvalue weighted by atomic mass is 9.99. The Kier molecular flexibility index (Phi) is 3.58. The fourth-order valence-corrected chi connectivity index (χ4v) is 1.59. The van der Waals surface area contributed by atoms with Gasteiger partial charge in [-0.1, -0.05) is 11.4 Å². The highest BCUT2D eigenvalue weighted by atomic mass is 32.1. The number of rotatable bonds is 4. The standard InChI is InChI=1S/C9H13N3O3S/c1-4-9(3,8(14)15)10-7(13)6-5(2)11-12-16-6/h4H2,1-3H3,(H,10,13)(H,14,15). The highest BCUT2D eigenvalue weighted by Gasteiger charge is 2.33. The van der Waals surface area contributed by atoms with E-state index in [1.807, 2.05) is 0 Å². The summed E-state index contributed by atoms with van der Waals surface area (Å²) < 4.78 is 3.63. The topological polar surface area (TPSA) is 92.2 Å². The van der Waals surface area contributed by atoms with Crippen molar-refractivity contribution >= 4 is 23.4 Å². The average Bonchev–Trinajstić information content (AvgIpc) is 2.64. The van der Waals surface area contributed by atoms with Crippen LogP contribution in [0.3, 0.4) is 0 Å². The number of aryl methyl sites for hydroxylation is 1. The first-order valence-corrected chi connectivity index (χ1v) is 5.53. The minimum absolute atomic E-state index is 0.305. The third kappa shape index (κ3) is 2.35. The maximum atomic E-state index is 11.8. The maximum Gasteiger partial charge on any atom is 0.329 e. The van der Waals surface area contributed by atoms with E-state index < -0.39 is 17.4 Å². The van der Waals surface area contributed by atoms with Gasteiger partial charge >= 0.3 is 5.97 Å². The molecule has 0 radical (unpaired) electrons.